The van der Waals surface area contributed by atoms with Crippen LogP contribution < -0.4 is 5.73 Å². The van der Waals surface area contributed by atoms with Gasteiger partial charge in [0.15, 0.2) is 0 Å². The average Bonchev–Trinajstić information content (AvgIpc) is 2.65. The van der Waals surface area contributed by atoms with Gasteiger partial charge in [0, 0.05) is 16.1 Å². The molecule has 16 heavy (non-hydrogen) atoms. The Morgan fingerprint density at radius 3 is 2.44 bits per heavy atom. The van der Waals surface area contributed by atoms with Crippen LogP contribution in [0.5, 0.6) is 0 Å². The topological polar surface area (TPSA) is 26.0 Å². The molecule has 2 N–H and O–H groups in total. The molecule has 0 saturated heterocycles. The Kier molecular flexibility index (Phi) is 3.17. The van der Waals surface area contributed by atoms with Gasteiger partial charge in [0.05, 0.1) is 0 Å². The van der Waals surface area contributed by atoms with Crippen molar-refractivity contribution >= 4 is 11.6 Å². The Morgan fingerprint density at radius 1 is 1.25 bits per heavy atom. The molecular formula is C12H14ClF2N. The van der Waals surface area contributed by atoms with E-state index in [9.17, 15) is 8.78 Å². The van der Waals surface area contributed by atoms with Crippen LogP contribution in [0, 0.1) is 0 Å². The van der Waals surface area contributed by atoms with E-state index in [1.165, 1.54) is 6.07 Å². The molecule has 0 aliphatic heterocycles. The number of nitrogens with two attached hydrogens (primary N) is 1. The standard InChI is InChI=1S/C12H14ClF2N/c13-9-5-3-4-8(10(9)11(14)15)12(16)6-1-2-7-12/h3-5,11H,1-2,6-7,16H2. The van der Waals surface area contributed by atoms with Crippen molar-refractivity contribution in [2.45, 2.75) is 37.6 Å². The van der Waals surface area contributed by atoms with Gasteiger partial charge < -0.3 is 5.73 Å². The summed E-state index contributed by atoms with van der Waals surface area (Å²) in [5.41, 5.74) is 6.01. The molecule has 0 radical (unpaired) electrons. The highest BCUT2D eigenvalue weighted by molar-refractivity contribution is 6.31. The number of hydrogen-bond donors (Lipinski definition) is 1. The highest BCUT2D eigenvalue weighted by Gasteiger charge is 2.35. The first-order valence-electron chi connectivity index (χ1n) is 5.40. The Labute approximate surface area is 98.6 Å². The highest BCUT2D eigenvalue weighted by atomic mass is 35.5. The maximum atomic E-state index is 13.0. The molecule has 1 saturated carbocycles. The zero-order chi connectivity index (χ0) is 11.8. The molecular weight excluding hydrogens is 232 g/mol. The highest BCUT2D eigenvalue weighted by Crippen LogP contribution is 2.42. The van der Waals surface area contributed by atoms with Crippen LogP contribution in [0.15, 0.2) is 18.2 Å². The van der Waals surface area contributed by atoms with Crippen LogP contribution in [0.4, 0.5) is 8.78 Å². The zero-order valence-electron chi connectivity index (χ0n) is 8.85. The Morgan fingerprint density at radius 2 is 1.88 bits per heavy atom. The predicted molar refractivity (Wildman–Crippen MR) is 60.7 cm³/mol. The van der Waals surface area contributed by atoms with Gasteiger partial charge in [-0.25, -0.2) is 8.78 Å². The lowest BCUT2D eigenvalue weighted by Gasteiger charge is -2.27. The van der Waals surface area contributed by atoms with Gasteiger partial charge >= 0.3 is 0 Å². The second-order valence-electron chi connectivity index (χ2n) is 4.37. The van der Waals surface area contributed by atoms with Gasteiger partial charge in [-0.3, -0.25) is 0 Å². The van der Waals surface area contributed by atoms with Gasteiger partial charge in [-0.05, 0) is 24.5 Å². The molecule has 0 unspecified atom stereocenters. The molecule has 0 heterocycles. The number of benzene rings is 1. The third kappa shape index (κ3) is 1.94. The van der Waals surface area contributed by atoms with Crippen LogP contribution >= 0.6 is 11.6 Å². The Bertz CT molecular complexity index is 387. The summed E-state index contributed by atoms with van der Waals surface area (Å²) in [7, 11) is 0. The van der Waals surface area contributed by atoms with Gasteiger partial charge in [-0.1, -0.05) is 36.6 Å². The molecule has 1 aromatic rings. The SMILES string of the molecule is NC1(c2cccc(Cl)c2C(F)F)CCCC1. The minimum absolute atomic E-state index is 0.0893. The summed E-state index contributed by atoms with van der Waals surface area (Å²) in [5, 5.41) is 0.115. The largest absolute Gasteiger partial charge is 0.321 e. The van der Waals surface area contributed by atoms with E-state index >= 15 is 0 Å². The van der Waals surface area contributed by atoms with Crippen molar-refractivity contribution in [2.24, 2.45) is 5.73 Å². The molecule has 1 nitrogen and oxygen atoms in total. The number of rotatable bonds is 2. The second kappa shape index (κ2) is 4.30. The molecule has 0 bridgehead atoms. The van der Waals surface area contributed by atoms with Crippen LogP contribution in [0.25, 0.3) is 0 Å². The number of alkyl halides is 2. The first kappa shape index (κ1) is 11.8. The minimum Gasteiger partial charge on any atom is -0.321 e. The molecule has 1 aliphatic carbocycles. The first-order valence-corrected chi connectivity index (χ1v) is 5.78. The van der Waals surface area contributed by atoms with Crippen molar-refractivity contribution in [1.29, 1.82) is 0 Å². The summed E-state index contributed by atoms with van der Waals surface area (Å²) in [6.07, 6.45) is 0.932. The maximum absolute atomic E-state index is 13.0. The fourth-order valence-electron chi connectivity index (χ4n) is 2.47. The molecule has 0 aromatic heterocycles. The van der Waals surface area contributed by atoms with Crippen LogP contribution in [-0.2, 0) is 5.54 Å². The molecule has 1 aromatic carbocycles. The van der Waals surface area contributed by atoms with E-state index in [1.807, 2.05) is 0 Å². The fraction of sp³-hybridized carbons (Fsp3) is 0.500. The van der Waals surface area contributed by atoms with Crippen LogP contribution in [0.3, 0.4) is 0 Å². The molecule has 4 heteroatoms. The quantitative estimate of drug-likeness (QED) is 0.837. The first-order chi connectivity index (χ1) is 7.54. The lowest BCUT2D eigenvalue weighted by Crippen LogP contribution is -2.34. The van der Waals surface area contributed by atoms with Gasteiger partial charge in [0.2, 0.25) is 0 Å². The van der Waals surface area contributed by atoms with E-state index in [0.717, 1.165) is 25.7 Å². The summed E-state index contributed by atoms with van der Waals surface area (Å²) >= 11 is 5.83. The smallest absolute Gasteiger partial charge is 0.265 e. The van der Waals surface area contributed by atoms with Crippen molar-refractivity contribution in [1.82, 2.24) is 0 Å². The molecule has 0 atom stereocenters. The van der Waals surface area contributed by atoms with Crippen molar-refractivity contribution in [3.05, 3.63) is 34.3 Å². The molecule has 1 aliphatic rings. The molecule has 0 amide bonds. The van der Waals surface area contributed by atoms with E-state index in [2.05, 4.69) is 0 Å². The third-order valence-electron chi connectivity index (χ3n) is 3.30. The van der Waals surface area contributed by atoms with E-state index in [1.54, 1.807) is 12.1 Å². The van der Waals surface area contributed by atoms with Crippen LogP contribution in [0.1, 0.15) is 43.2 Å². The van der Waals surface area contributed by atoms with Crippen molar-refractivity contribution < 1.29 is 8.78 Å². The number of hydrogen-bond acceptors (Lipinski definition) is 1. The zero-order valence-corrected chi connectivity index (χ0v) is 9.61. The summed E-state index contributed by atoms with van der Waals surface area (Å²) in [6, 6.07) is 4.86. The molecule has 88 valence electrons. The van der Waals surface area contributed by atoms with Gasteiger partial charge in [0.25, 0.3) is 6.43 Å². The summed E-state index contributed by atoms with van der Waals surface area (Å²) in [5.74, 6) is 0. The fourth-order valence-corrected chi connectivity index (χ4v) is 2.73. The number of halogens is 3. The lowest BCUT2D eigenvalue weighted by molar-refractivity contribution is 0.148. The summed E-state index contributed by atoms with van der Waals surface area (Å²) < 4.78 is 25.9. The van der Waals surface area contributed by atoms with Crippen molar-refractivity contribution in [3.8, 4) is 0 Å². The van der Waals surface area contributed by atoms with E-state index < -0.39 is 12.0 Å². The van der Waals surface area contributed by atoms with Crippen molar-refractivity contribution in [2.75, 3.05) is 0 Å². The van der Waals surface area contributed by atoms with E-state index in [-0.39, 0.29) is 10.6 Å². The predicted octanol–water partition coefficient (Wildman–Crippen LogP) is 4.01. The van der Waals surface area contributed by atoms with Crippen molar-refractivity contribution in [3.63, 3.8) is 0 Å². The Hall–Kier alpha value is -0.670. The molecule has 1 fully saturated rings. The second-order valence-corrected chi connectivity index (χ2v) is 4.77. The van der Waals surface area contributed by atoms with Gasteiger partial charge in [-0.2, -0.15) is 0 Å². The van der Waals surface area contributed by atoms with Crippen LogP contribution in [-0.4, -0.2) is 0 Å². The summed E-state index contributed by atoms with van der Waals surface area (Å²) in [6.45, 7) is 0. The third-order valence-corrected chi connectivity index (χ3v) is 3.63. The monoisotopic (exact) mass is 245 g/mol. The van der Waals surface area contributed by atoms with E-state index in [0.29, 0.717) is 5.56 Å². The summed E-state index contributed by atoms with van der Waals surface area (Å²) in [4.78, 5) is 0. The van der Waals surface area contributed by atoms with Crippen LogP contribution in [0.2, 0.25) is 5.02 Å². The molecule has 0 spiro atoms. The van der Waals surface area contributed by atoms with E-state index in [4.69, 9.17) is 17.3 Å². The van der Waals surface area contributed by atoms with Gasteiger partial charge in [0.1, 0.15) is 0 Å². The Balaban J connectivity index is 2.51. The van der Waals surface area contributed by atoms with Gasteiger partial charge in [-0.15, -0.1) is 0 Å². The minimum atomic E-state index is -2.57. The molecule has 2 rings (SSSR count). The normalized spacial score (nSPS) is 19.3. The lowest BCUT2D eigenvalue weighted by atomic mass is 9.86. The average molecular weight is 246 g/mol. The maximum Gasteiger partial charge on any atom is 0.265 e.